The molecule has 9 nitrogen and oxygen atoms in total. The average Bonchev–Trinajstić information content (AvgIpc) is 3.49. The fourth-order valence-corrected chi connectivity index (χ4v) is 8.44. The van der Waals surface area contributed by atoms with Crippen LogP contribution in [0.15, 0.2) is 170 Å². The minimum Gasteiger partial charge on any atom is -0.545 e. The van der Waals surface area contributed by atoms with Crippen LogP contribution in [0.4, 0.5) is 0 Å². The van der Waals surface area contributed by atoms with Gasteiger partial charge in [0.1, 0.15) is 13.2 Å². The van der Waals surface area contributed by atoms with Gasteiger partial charge in [0.25, 0.3) is 0 Å². The second-order valence-electron chi connectivity index (χ2n) is 22.6. The van der Waals surface area contributed by atoms with Crippen LogP contribution in [0.1, 0.15) is 232 Å². The first kappa shape index (κ1) is 79.7. The standard InChI is InChI=1S/C76H121NO8/c1-6-8-10-12-14-16-18-20-22-24-26-28-30-32-34-35-36-37-38-39-41-43-45-47-49-51-53-55-57-59-61-63-65-67-74(79)85-72(71-84-76(75(80)81)82-69-68-77(3,4)5)70-83-73(78)66-64-62-60-58-56-54-52-50-48-46-44-42-40-33-31-29-27-25-23-21-19-17-15-13-11-9-7-2/h8-11,14-17,20-23,26-29,32-34,36-37,39-41,44,46,50,52,72,76H,6-7,12-13,18-19,24-25,30-31,35,38,42-43,45,47-49,51,53-71H2,1-5H3/b10-8-,11-9-,16-14-,17-15-,22-20-,23-21-,28-26-,29-27-,34-32-,37-36-,40-33-,41-39-,46-44-,52-50-. The Morgan fingerprint density at radius 2 is 0.635 bits per heavy atom. The van der Waals surface area contributed by atoms with Gasteiger partial charge in [0.15, 0.2) is 12.4 Å². The molecule has 478 valence electrons. The molecule has 0 saturated heterocycles. The van der Waals surface area contributed by atoms with E-state index >= 15 is 0 Å². The second kappa shape index (κ2) is 64.6. The minimum absolute atomic E-state index is 0.134. The summed E-state index contributed by atoms with van der Waals surface area (Å²) < 4.78 is 22.7. The summed E-state index contributed by atoms with van der Waals surface area (Å²) in [6.45, 7) is 4.47. The Balaban J connectivity index is 4.26. The number of nitrogens with zero attached hydrogens (tertiary/aromatic N) is 1. The SMILES string of the molecule is CC/C=C\C/C=C\C/C=C\C/C=C\C/C=C\C/C=C\C/C=C\CCCCCCCCCCCCCC(=O)OC(COC(=O)CCCCCCC/C=C\C/C=C\C/C=C\C/C=C\C/C=C\C/C=C\C/C=C\CC)COC(OCC[N+](C)(C)C)C(=O)[O-]. The average molecular weight is 1180 g/mol. The van der Waals surface area contributed by atoms with Crippen molar-refractivity contribution in [3.63, 3.8) is 0 Å². The smallest absolute Gasteiger partial charge is 0.306 e. The number of carboxylic acid groups (broad SMARTS) is 1. The maximum atomic E-state index is 12.9. The van der Waals surface area contributed by atoms with Crippen LogP contribution in [-0.2, 0) is 33.3 Å². The van der Waals surface area contributed by atoms with Crippen molar-refractivity contribution in [2.75, 3.05) is 47.5 Å². The van der Waals surface area contributed by atoms with Gasteiger partial charge in [0.05, 0.1) is 40.3 Å². The lowest BCUT2D eigenvalue weighted by molar-refractivity contribution is -0.870. The van der Waals surface area contributed by atoms with Gasteiger partial charge in [-0.15, -0.1) is 0 Å². The molecule has 0 aliphatic carbocycles. The third kappa shape index (κ3) is 66.0. The summed E-state index contributed by atoms with van der Waals surface area (Å²) in [4.78, 5) is 37.5. The number of carboxylic acids is 1. The third-order valence-corrected chi connectivity index (χ3v) is 13.5. The summed E-state index contributed by atoms with van der Waals surface area (Å²) in [6.07, 6.45) is 94.1. The van der Waals surface area contributed by atoms with Crippen LogP contribution in [0.5, 0.6) is 0 Å². The number of aliphatic carboxylic acids is 1. The Hall–Kier alpha value is -5.35. The largest absolute Gasteiger partial charge is 0.545 e. The molecule has 0 aliphatic heterocycles. The normalized spacial score (nSPS) is 13.8. The molecule has 0 amide bonds. The van der Waals surface area contributed by atoms with E-state index in [1.807, 2.05) is 21.1 Å². The molecule has 0 aliphatic rings. The molecular formula is C76H121NO8. The summed E-state index contributed by atoms with van der Waals surface area (Å²) in [5.41, 5.74) is 0. The quantitative estimate of drug-likeness (QED) is 0.0195. The fourth-order valence-electron chi connectivity index (χ4n) is 8.44. The molecule has 0 aromatic rings. The van der Waals surface area contributed by atoms with Crippen molar-refractivity contribution < 1.29 is 42.9 Å². The molecule has 2 unspecified atom stereocenters. The van der Waals surface area contributed by atoms with Gasteiger partial charge in [-0.2, -0.15) is 0 Å². The number of carbonyl (C=O) groups excluding carboxylic acids is 3. The highest BCUT2D eigenvalue weighted by Gasteiger charge is 2.22. The number of hydrogen-bond acceptors (Lipinski definition) is 8. The van der Waals surface area contributed by atoms with E-state index in [1.54, 1.807) is 0 Å². The van der Waals surface area contributed by atoms with E-state index in [9.17, 15) is 19.5 Å². The lowest BCUT2D eigenvalue weighted by atomic mass is 10.0. The second-order valence-corrected chi connectivity index (χ2v) is 22.6. The van der Waals surface area contributed by atoms with Crippen molar-refractivity contribution in [1.82, 2.24) is 0 Å². The lowest BCUT2D eigenvalue weighted by Gasteiger charge is -2.26. The number of esters is 2. The summed E-state index contributed by atoms with van der Waals surface area (Å²) in [7, 11) is 5.91. The molecule has 85 heavy (non-hydrogen) atoms. The van der Waals surface area contributed by atoms with Crippen LogP contribution in [-0.4, -0.2) is 82.3 Å². The number of rotatable bonds is 59. The summed E-state index contributed by atoms with van der Waals surface area (Å²) in [5.74, 6) is -2.33. The molecule has 0 fully saturated rings. The number of unbranched alkanes of at least 4 members (excludes halogenated alkanes) is 16. The van der Waals surface area contributed by atoms with Gasteiger partial charge in [0, 0.05) is 12.8 Å². The van der Waals surface area contributed by atoms with E-state index < -0.39 is 24.3 Å². The van der Waals surface area contributed by atoms with E-state index in [2.05, 4.69) is 184 Å². The Kier molecular flexibility index (Phi) is 60.6. The fraction of sp³-hybridized carbons (Fsp3) is 0.592. The highest BCUT2D eigenvalue weighted by molar-refractivity contribution is 5.70. The monoisotopic (exact) mass is 1180 g/mol. The van der Waals surface area contributed by atoms with E-state index in [0.717, 1.165) is 148 Å². The van der Waals surface area contributed by atoms with Gasteiger partial charge >= 0.3 is 11.9 Å². The minimum atomic E-state index is -1.64. The number of ether oxygens (including phenoxy) is 4. The third-order valence-electron chi connectivity index (χ3n) is 13.5. The highest BCUT2D eigenvalue weighted by atomic mass is 16.7. The van der Waals surface area contributed by atoms with Crippen molar-refractivity contribution in [3.05, 3.63) is 170 Å². The Morgan fingerprint density at radius 3 is 0.941 bits per heavy atom. The van der Waals surface area contributed by atoms with Crippen LogP contribution >= 0.6 is 0 Å². The maximum absolute atomic E-state index is 12.9. The summed E-state index contributed by atoms with van der Waals surface area (Å²) in [6, 6.07) is 0. The molecule has 0 radical (unpaired) electrons. The lowest BCUT2D eigenvalue weighted by Crippen LogP contribution is -2.44. The maximum Gasteiger partial charge on any atom is 0.306 e. The number of hydrogen-bond donors (Lipinski definition) is 0. The van der Waals surface area contributed by atoms with Crippen LogP contribution < -0.4 is 5.11 Å². The molecule has 2 atom stereocenters. The summed E-state index contributed by atoms with van der Waals surface area (Å²) >= 11 is 0. The van der Waals surface area contributed by atoms with Crippen molar-refractivity contribution in [2.24, 2.45) is 0 Å². The van der Waals surface area contributed by atoms with Gasteiger partial charge < -0.3 is 33.3 Å². The van der Waals surface area contributed by atoms with Gasteiger partial charge in [-0.25, -0.2) is 0 Å². The molecule has 0 heterocycles. The van der Waals surface area contributed by atoms with E-state index in [4.69, 9.17) is 18.9 Å². The van der Waals surface area contributed by atoms with Gasteiger partial charge in [-0.1, -0.05) is 261 Å². The number of quaternary nitrogens is 1. The summed E-state index contributed by atoms with van der Waals surface area (Å²) in [5, 5.41) is 11.8. The zero-order valence-electron chi connectivity index (χ0n) is 54.4. The van der Waals surface area contributed by atoms with Crippen LogP contribution in [0.25, 0.3) is 0 Å². The molecule has 9 heteroatoms. The number of carbonyl (C=O) groups is 3. The molecular weight excluding hydrogens is 1050 g/mol. The predicted octanol–water partition coefficient (Wildman–Crippen LogP) is 19.3. The van der Waals surface area contributed by atoms with Crippen molar-refractivity contribution in [2.45, 2.75) is 245 Å². The number of likely N-dealkylation sites (N-methyl/N-ethyl adjacent to an activating group) is 1. The highest BCUT2D eigenvalue weighted by Crippen LogP contribution is 2.15. The molecule has 0 rings (SSSR count). The van der Waals surface area contributed by atoms with Crippen molar-refractivity contribution in [1.29, 1.82) is 0 Å². The van der Waals surface area contributed by atoms with Crippen LogP contribution in [0, 0.1) is 0 Å². The van der Waals surface area contributed by atoms with Crippen LogP contribution in [0.2, 0.25) is 0 Å². The first-order valence-corrected chi connectivity index (χ1v) is 33.3. The predicted molar refractivity (Wildman–Crippen MR) is 361 cm³/mol. The van der Waals surface area contributed by atoms with E-state index in [1.165, 1.54) is 44.9 Å². The molecule has 0 aromatic carbocycles. The zero-order valence-corrected chi connectivity index (χ0v) is 54.4. The molecule has 0 aromatic heterocycles. The van der Waals surface area contributed by atoms with Crippen LogP contribution in [0.3, 0.4) is 0 Å². The van der Waals surface area contributed by atoms with Gasteiger partial charge in [-0.3, -0.25) is 9.59 Å². The Morgan fingerprint density at radius 1 is 0.353 bits per heavy atom. The van der Waals surface area contributed by atoms with Gasteiger partial charge in [0.2, 0.25) is 0 Å². The Labute approximate surface area is 520 Å². The first-order chi connectivity index (χ1) is 41.6. The zero-order chi connectivity index (χ0) is 61.9. The Bertz CT molecular complexity index is 2000. The topological polar surface area (TPSA) is 111 Å². The molecule has 0 saturated carbocycles. The van der Waals surface area contributed by atoms with Crippen molar-refractivity contribution in [3.8, 4) is 0 Å². The van der Waals surface area contributed by atoms with Crippen molar-refractivity contribution >= 4 is 17.9 Å². The molecule has 0 N–H and O–H groups in total. The first-order valence-electron chi connectivity index (χ1n) is 33.3. The molecule has 0 spiro atoms. The van der Waals surface area contributed by atoms with Gasteiger partial charge in [-0.05, 0) is 128 Å². The molecule has 0 bridgehead atoms. The van der Waals surface area contributed by atoms with E-state index in [0.29, 0.717) is 23.9 Å². The van der Waals surface area contributed by atoms with E-state index in [-0.39, 0.29) is 38.6 Å². The number of allylic oxidation sites excluding steroid dienone is 28.